The number of carboxylic acids is 1. The number of carbonyl (C=O) groups is 2. The number of aliphatic carboxylic acids is 1. The van der Waals surface area contributed by atoms with E-state index in [9.17, 15) is 9.59 Å². The van der Waals surface area contributed by atoms with Gasteiger partial charge in [-0.2, -0.15) is 0 Å². The normalized spacial score (nSPS) is 14.7. The van der Waals surface area contributed by atoms with Crippen molar-refractivity contribution >= 4 is 23.9 Å². The smallest absolute Gasteiger partial charge is 0.363 e. The van der Waals surface area contributed by atoms with E-state index >= 15 is 0 Å². The van der Waals surface area contributed by atoms with Crippen molar-refractivity contribution in [2.45, 2.75) is 6.92 Å². The molecule has 0 aliphatic carbocycles. The summed E-state index contributed by atoms with van der Waals surface area (Å²) in [5.41, 5.74) is 2.55. The molecule has 0 fully saturated rings. The number of ether oxygens (including phenoxy) is 3. The molecule has 3 rings (SSSR count). The largest absolute Gasteiger partial charge is 0.493 e. The van der Waals surface area contributed by atoms with Gasteiger partial charge in [0.2, 0.25) is 5.90 Å². The van der Waals surface area contributed by atoms with Gasteiger partial charge in [-0.1, -0.05) is 23.8 Å². The van der Waals surface area contributed by atoms with E-state index in [1.54, 1.807) is 24.3 Å². The number of carbonyl (C=O) groups excluding carboxylic acids is 1. The third kappa shape index (κ3) is 4.33. The molecule has 1 aliphatic heterocycles. The zero-order valence-electron chi connectivity index (χ0n) is 14.8. The van der Waals surface area contributed by atoms with Crippen LogP contribution in [0.4, 0.5) is 0 Å². The summed E-state index contributed by atoms with van der Waals surface area (Å²) in [5.74, 6) is -0.741. The molecule has 1 aliphatic rings. The van der Waals surface area contributed by atoms with Crippen molar-refractivity contribution in [1.29, 1.82) is 0 Å². The van der Waals surface area contributed by atoms with Crippen molar-refractivity contribution in [3.05, 3.63) is 64.9 Å². The summed E-state index contributed by atoms with van der Waals surface area (Å²) < 4.78 is 15.6. The number of cyclic esters (lactones) is 1. The van der Waals surface area contributed by atoms with E-state index in [4.69, 9.17) is 19.3 Å². The second kappa shape index (κ2) is 7.74. The van der Waals surface area contributed by atoms with Gasteiger partial charge in [-0.15, -0.1) is 0 Å². The van der Waals surface area contributed by atoms with Crippen molar-refractivity contribution in [3.63, 3.8) is 0 Å². The summed E-state index contributed by atoms with van der Waals surface area (Å²) in [7, 11) is 1.44. The summed E-state index contributed by atoms with van der Waals surface area (Å²) in [6, 6.07) is 12.4. The second-order valence-electron chi connectivity index (χ2n) is 5.80. The maximum atomic E-state index is 12.1. The van der Waals surface area contributed by atoms with Gasteiger partial charge in [0.15, 0.2) is 23.8 Å². The minimum atomic E-state index is -1.09. The molecule has 0 saturated carbocycles. The number of hydrogen-bond donors (Lipinski definition) is 1. The predicted molar refractivity (Wildman–Crippen MR) is 97.9 cm³/mol. The summed E-state index contributed by atoms with van der Waals surface area (Å²) in [6.07, 6.45) is 1.56. The molecule has 0 atom stereocenters. The highest BCUT2D eigenvalue weighted by Crippen LogP contribution is 2.29. The number of carboxylic acid groups (broad SMARTS) is 1. The topological polar surface area (TPSA) is 94.4 Å². The molecule has 7 nitrogen and oxygen atoms in total. The number of esters is 1. The molecule has 2 aromatic rings. The Bertz CT molecular complexity index is 961. The van der Waals surface area contributed by atoms with Crippen LogP contribution in [0, 0.1) is 6.92 Å². The Morgan fingerprint density at radius 1 is 1.22 bits per heavy atom. The SMILES string of the molecule is COc1cc(/C=C2/N=C(c3cccc(C)c3)OC2=O)ccc1OCC(=O)O. The molecule has 0 aromatic heterocycles. The van der Waals surface area contributed by atoms with E-state index in [1.165, 1.54) is 7.11 Å². The van der Waals surface area contributed by atoms with E-state index in [1.807, 2.05) is 31.2 Å². The van der Waals surface area contributed by atoms with Crippen LogP contribution < -0.4 is 9.47 Å². The first-order chi connectivity index (χ1) is 13.0. The van der Waals surface area contributed by atoms with Gasteiger partial charge in [-0.05, 0) is 42.8 Å². The molecule has 0 amide bonds. The lowest BCUT2D eigenvalue weighted by atomic mass is 10.1. The number of nitrogens with zero attached hydrogens (tertiary/aromatic N) is 1. The first kappa shape index (κ1) is 18.2. The van der Waals surface area contributed by atoms with Gasteiger partial charge in [0.05, 0.1) is 7.11 Å². The highest BCUT2D eigenvalue weighted by atomic mass is 16.6. The monoisotopic (exact) mass is 367 g/mol. The minimum Gasteiger partial charge on any atom is -0.493 e. The van der Waals surface area contributed by atoms with Crippen LogP contribution in [-0.2, 0) is 14.3 Å². The number of aryl methyl sites for hydroxylation is 1. The molecule has 0 spiro atoms. The standard InChI is InChI=1S/C20H17NO6/c1-12-4-3-5-14(8-12)19-21-15(20(24)27-19)9-13-6-7-16(17(10-13)25-2)26-11-18(22)23/h3-10H,11H2,1-2H3,(H,22,23)/b15-9+. The molecule has 0 radical (unpaired) electrons. The molecule has 0 saturated heterocycles. The summed E-state index contributed by atoms with van der Waals surface area (Å²) in [5, 5.41) is 8.71. The van der Waals surface area contributed by atoms with E-state index in [-0.39, 0.29) is 11.6 Å². The van der Waals surface area contributed by atoms with Gasteiger partial charge in [-0.25, -0.2) is 14.6 Å². The van der Waals surface area contributed by atoms with Crippen LogP contribution in [0.1, 0.15) is 16.7 Å². The zero-order chi connectivity index (χ0) is 19.4. The fourth-order valence-corrected chi connectivity index (χ4v) is 2.50. The number of benzene rings is 2. The molecule has 0 bridgehead atoms. The summed E-state index contributed by atoms with van der Waals surface area (Å²) in [6.45, 7) is 1.46. The highest BCUT2D eigenvalue weighted by molar-refractivity contribution is 6.12. The van der Waals surface area contributed by atoms with E-state index < -0.39 is 18.5 Å². The molecule has 7 heteroatoms. The molecular formula is C20H17NO6. The van der Waals surface area contributed by atoms with Gasteiger partial charge in [0, 0.05) is 5.56 Å². The maximum absolute atomic E-state index is 12.1. The third-order valence-electron chi connectivity index (χ3n) is 3.73. The Morgan fingerprint density at radius 2 is 2.04 bits per heavy atom. The predicted octanol–water partition coefficient (Wildman–Crippen LogP) is 2.81. The van der Waals surface area contributed by atoms with Crippen LogP contribution in [0.15, 0.2) is 53.2 Å². The Kier molecular flexibility index (Phi) is 5.21. The molecule has 138 valence electrons. The third-order valence-corrected chi connectivity index (χ3v) is 3.73. The lowest BCUT2D eigenvalue weighted by molar-refractivity contribution is -0.139. The van der Waals surface area contributed by atoms with Crippen LogP contribution in [0.5, 0.6) is 11.5 Å². The van der Waals surface area contributed by atoms with Crippen molar-refractivity contribution in [1.82, 2.24) is 0 Å². The van der Waals surface area contributed by atoms with E-state index in [2.05, 4.69) is 4.99 Å². The first-order valence-corrected chi connectivity index (χ1v) is 8.08. The molecule has 1 N–H and O–H groups in total. The fourth-order valence-electron chi connectivity index (χ4n) is 2.50. The average Bonchev–Trinajstić information content (AvgIpc) is 3.01. The van der Waals surface area contributed by atoms with Crippen LogP contribution in [0.3, 0.4) is 0 Å². The molecule has 0 unspecified atom stereocenters. The van der Waals surface area contributed by atoms with Gasteiger partial charge in [-0.3, -0.25) is 0 Å². The number of rotatable bonds is 6. The molecular weight excluding hydrogens is 350 g/mol. The van der Waals surface area contributed by atoms with Crippen molar-refractivity contribution in [2.75, 3.05) is 13.7 Å². The first-order valence-electron chi connectivity index (χ1n) is 8.08. The molecule has 27 heavy (non-hydrogen) atoms. The minimum absolute atomic E-state index is 0.160. The summed E-state index contributed by atoms with van der Waals surface area (Å²) >= 11 is 0. The Balaban J connectivity index is 1.87. The zero-order valence-corrected chi connectivity index (χ0v) is 14.8. The van der Waals surface area contributed by atoms with Crippen molar-refractivity contribution in [3.8, 4) is 11.5 Å². The fraction of sp³-hybridized carbons (Fsp3) is 0.150. The lowest BCUT2D eigenvalue weighted by Crippen LogP contribution is -2.10. The van der Waals surface area contributed by atoms with Crippen LogP contribution in [0.25, 0.3) is 6.08 Å². The Hall–Kier alpha value is -3.61. The quantitative estimate of drug-likeness (QED) is 0.623. The van der Waals surface area contributed by atoms with Crippen LogP contribution in [0.2, 0.25) is 0 Å². The van der Waals surface area contributed by atoms with Gasteiger partial charge in [0.25, 0.3) is 0 Å². The van der Waals surface area contributed by atoms with Crippen LogP contribution in [-0.4, -0.2) is 36.7 Å². The van der Waals surface area contributed by atoms with E-state index in [0.717, 1.165) is 11.1 Å². The van der Waals surface area contributed by atoms with Gasteiger partial charge < -0.3 is 19.3 Å². The lowest BCUT2D eigenvalue weighted by Gasteiger charge is -2.09. The van der Waals surface area contributed by atoms with Gasteiger partial charge in [0.1, 0.15) is 0 Å². The van der Waals surface area contributed by atoms with E-state index in [0.29, 0.717) is 17.1 Å². The Morgan fingerprint density at radius 3 is 2.74 bits per heavy atom. The maximum Gasteiger partial charge on any atom is 0.363 e. The summed E-state index contributed by atoms with van der Waals surface area (Å²) in [4.78, 5) is 27.0. The number of aliphatic imine (C=N–C) groups is 1. The second-order valence-corrected chi connectivity index (χ2v) is 5.80. The van der Waals surface area contributed by atoms with Crippen molar-refractivity contribution < 1.29 is 28.9 Å². The Labute approximate surface area is 155 Å². The molecule has 2 aromatic carbocycles. The molecule has 1 heterocycles. The number of methoxy groups -OCH3 is 1. The van der Waals surface area contributed by atoms with Crippen LogP contribution >= 0.6 is 0 Å². The van der Waals surface area contributed by atoms with Gasteiger partial charge >= 0.3 is 11.9 Å². The number of hydrogen-bond acceptors (Lipinski definition) is 6. The average molecular weight is 367 g/mol. The highest BCUT2D eigenvalue weighted by Gasteiger charge is 2.24. The van der Waals surface area contributed by atoms with Crippen molar-refractivity contribution in [2.24, 2.45) is 4.99 Å².